The highest BCUT2D eigenvalue weighted by Crippen LogP contribution is 2.21. The van der Waals surface area contributed by atoms with Gasteiger partial charge < -0.3 is 9.47 Å². The van der Waals surface area contributed by atoms with Crippen molar-refractivity contribution < 1.29 is 0 Å². The third-order valence-electron chi connectivity index (χ3n) is 5.42. The fourth-order valence-corrected chi connectivity index (χ4v) is 3.94. The van der Waals surface area contributed by atoms with E-state index in [1.807, 2.05) is 0 Å². The summed E-state index contributed by atoms with van der Waals surface area (Å²) in [7, 11) is 0. The van der Waals surface area contributed by atoms with Crippen LogP contribution in [0.15, 0.2) is 24.3 Å². The number of nitrogens with zero attached hydrogens (tertiary/aromatic N) is 5. The number of rotatable bonds is 4. The molecule has 1 saturated heterocycles. The van der Waals surface area contributed by atoms with Crippen LogP contribution in [0.3, 0.4) is 0 Å². The molecule has 25 heavy (non-hydrogen) atoms. The highest BCUT2D eigenvalue weighted by atomic mass is 35.5. The van der Waals surface area contributed by atoms with Crippen LogP contribution >= 0.6 is 12.4 Å². The molecular weight excluding hydrogens is 334 g/mol. The summed E-state index contributed by atoms with van der Waals surface area (Å²) in [5.41, 5.74) is 2.77. The average Bonchev–Trinajstić information content (AvgIpc) is 3.04. The summed E-state index contributed by atoms with van der Waals surface area (Å²) < 4.78 is 2.35. The van der Waals surface area contributed by atoms with Crippen LogP contribution in [0.25, 0.3) is 0 Å². The van der Waals surface area contributed by atoms with Crippen LogP contribution in [0.2, 0.25) is 0 Å². The minimum Gasteiger partial charge on any atom is -0.369 e. The van der Waals surface area contributed by atoms with Crippen LogP contribution in [-0.4, -0.2) is 52.4 Å². The Labute approximate surface area is 156 Å². The zero-order valence-electron chi connectivity index (χ0n) is 15.0. The van der Waals surface area contributed by atoms with E-state index in [4.69, 9.17) is 0 Å². The topological polar surface area (TPSA) is 37.2 Å². The normalized spacial score (nSPS) is 17.9. The molecule has 6 heteroatoms. The van der Waals surface area contributed by atoms with Gasteiger partial charge in [-0.15, -0.1) is 22.6 Å². The summed E-state index contributed by atoms with van der Waals surface area (Å²) in [5, 5.41) is 8.80. The third-order valence-corrected chi connectivity index (χ3v) is 5.42. The molecule has 2 aliphatic heterocycles. The van der Waals surface area contributed by atoms with E-state index in [0.717, 1.165) is 52.1 Å². The lowest BCUT2D eigenvalue weighted by Gasteiger charge is -2.36. The van der Waals surface area contributed by atoms with Crippen molar-refractivity contribution in [2.45, 2.75) is 39.2 Å². The number of para-hydroxylation sites is 1. The second-order valence-electron chi connectivity index (χ2n) is 7.01. The Bertz CT molecular complexity index is 691. The minimum absolute atomic E-state index is 0. The second kappa shape index (κ2) is 8.19. The minimum atomic E-state index is 0. The lowest BCUT2D eigenvalue weighted by atomic mass is 10.1. The van der Waals surface area contributed by atoms with Gasteiger partial charge in [-0.25, -0.2) is 0 Å². The number of aromatic nitrogens is 3. The van der Waals surface area contributed by atoms with Gasteiger partial charge in [-0.1, -0.05) is 18.2 Å². The number of aryl methyl sites for hydroxylation is 2. The molecule has 1 fully saturated rings. The van der Waals surface area contributed by atoms with Crippen molar-refractivity contribution in [3.05, 3.63) is 41.5 Å². The van der Waals surface area contributed by atoms with Crippen LogP contribution in [0.1, 0.15) is 30.1 Å². The maximum absolute atomic E-state index is 4.43. The Morgan fingerprint density at radius 1 is 0.960 bits per heavy atom. The van der Waals surface area contributed by atoms with E-state index in [1.165, 1.54) is 35.7 Å². The van der Waals surface area contributed by atoms with E-state index < -0.39 is 0 Å². The predicted molar refractivity (Wildman–Crippen MR) is 104 cm³/mol. The van der Waals surface area contributed by atoms with Gasteiger partial charge in [-0.05, 0) is 31.4 Å². The Morgan fingerprint density at radius 2 is 1.76 bits per heavy atom. The molecule has 4 rings (SSSR count). The molecule has 0 bridgehead atoms. The molecule has 0 radical (unpaired) electrons. The number of benzene rings is 1. The van der Waals surface area contributed by atoms with Crippen molar-refractivity contribution in [1.82, 2.24) is 19.7 Å². The Hall–Kier alpha value is -1.59. The summed E-state index contributed by atoms with van der Waals surface area (Å²) in [6, 6.07) is 8.71. The maximum atomic E-state index is 4.43. The van der Waals surface area contributed by atoms with Crippen LogP contribution < -0.4 is 4.90 Å². The van der Waals surface area contributed by atoms with Crippen molar-refractivity contribution >= 4 is 18.1 Å². The molecular formula is C19H28ClN5. The van der Waals surface area contributed by atoms with Gasteiger partial charge in [0.1, 0.15) is 11.6 Å². The van der Waals surface area contributed by atoms with E-state index in [-0.39, 0.29) is 12.4 Å². The summed E-state index contributed by atoms with van der Waals surface area (Å²) in [4.78, 5) is 5.09. The summed E-state index contributed by atoms with van der Waals surface area (Å²) in [6.07, 6.45) is 4.66. The van der Waals surface area contributed by atoms with Crippen LogP contribution in [0.5, 0.6) is 0 Å². The molecule has 0 aliphatic carbocycles. The molecule has 136 valence electrons. The monoisotopic (exact) mass is 361 g/mol. The van der Waals surface area contributed by atoms with Gasteiger partial charge in [-0.3, -0.25) is 4.90 Å². The molecule has 1 aromatic carbocycles. The van der Waals surface area contributed by atoms with Gasteiger partial charge in [0.15, 0.2) is 0 Å². The average molecular weight is 362 g/mol. The predicted octanol–water partition coefficient (Wildman–Crippen LogP) is 2.71. The first-order chi connectivity index (χ1) is 11.8. The van der Waals surface area contributed by atoms with Crippen LogP contribution in [0, 0.1) is 6.92 Å². The van der Waals surface area contributed by atoms with Crippen molar-refractivity contribution in [1.29, 1.82) is 0 Å². The SMILES string of the molecule is Cc1ccccc1N1CCN(CCc2nnc3n2CCCC3)CC1.Cl. The van der Waals surface area contributed by atoms with Gasteiger partial charge in [0, 0.05) is 57.8 Å². The van der Waals surface area contributed by atoms with Gasteiger partial charge >= 0.3 is 0 Å². The molecule has 0 N–H and O–H groups in total. The second-order valence-corrected chi connectivity index (χ2v) is 7.01. The zero-order valence-corrected chi connectivity index (χ0v) is 15.8. The number of halogens is 1. The molecule has 0 unspecified atom stereocenters. The molecule has 3 heterocycles. The largest absolute Gasteiger partial charge is 0.369 e. The summed E-state index contributed by atoms with van der Waals surface area (Å²) in [5.74, 6) is 2.38. The number of hydrogen-bond acceptors (Lipinski definition) is 4. The smallest absolute Gasteiger partial charge is 0.134 e. The first kappa shape index (κ1) is 18.2. The maximum Gasteiger partial charge on any atom is 0.134 e. The van der Waals surface area contributed by atoms with E-state index >= 15 is 0 Å². The number of anilines is 1. The van der Waals surface area contributed by atoms with Crippen molar-refractivity contribution in [2.75, 3.05) is 37.6 Å². The van der Waals surface area contributed by atoms with Crippen molar-refractivity contribution in [3.8, 4) is 0 Å². The van der Waals surface area contributed by atoms with Gasteiger partial charge in [0.25, 0.3) is 0 Å². The standard InChI is InChI=1S/C19H27N5.ClH/c1-16-6-2-3-7-17(16)23-14-12-22(13-15-23)11-9-19-21-20-18-8-4-5-10-24(18)19;/h2-3,6-7H,4-5,8-15H2,1H3;1H. The highest BCUT2D eigenvalue weighted by Gasteiger charge is 2.20. The van der Waals surface area contributed by atoms with Crippen molar-refractivity contribution in [2.24, 2.45) is 0 Å². The first-order valence-electron chi connectivity index (χ1n) is 9.25. The van der Waals surface area contributed by atoms with Gasteiger partial charge in [0.2, 0.25) is 0 Å². The van der Waals surface area contributed by atoms with Gasteiger partial charge in [0.05, 0.1) is 0 Å². The Kier molecular flexibility index (Phi) is 5.97. The van der Waals surface area contributed by atoms with Gasteiger partial charge in [-0.2, -0.15) is 0 Å². The molecule has 0 spiro atoms. The zero-order chi connectivity index (χ0) is 16.4. The van der Waals surface area contributed by atoms with Crippen LogP contribution in [0.4, 0.5) is 5.69 Å². The fourth-order valence-electron chi connectivity index (χ4n) is 3.94. The lowest BCUT2D eigenvalue weighted by Crippen LogP contribution is -2.47. The Balaban J connectivity index is 0.00000182. The summed E-state index contributed by atoms with van der Waals surface area (Å²) >= 11 is 0. The van der Waals surface area contributed by atoms with E-state index in [2.05, 4.69) is 55.8 Å². The quantitative estimate of drug-likeness (QED) is 0.839. The number of fused-ring (bicyclic) bond motifs is 1. The summed E-state index contributed by atoms with van der Waals surface area (Å²) in [6.45, 7) is 8.91. The highest BCUT2D eigenvalue weighted by molar-refractivity contribution is 5.85. The molecule has 0 saturated carbocycles. The molecule has 2 aliphatic rings. The number of piperazine rings is 1. The van der Waals surface area contributed by atoms with E-state index in [9.17, 15) is 0 Å². The van der Waals surface area contributed by atoms with E-state index in [0.29, 0.717) is 0 Å². The third kappa shape index (κ3) is 3.98. The molecule has 0 amide bonds. The van der Waals surface area contributed by atoms with E-state index in [1.54, 1.807) is 0 Å². The number of hydrogen-bond donors (Lipinski definition) is 0. The van der Waals surface area contributed by atoms with Crippen LogP contribution in [-0.2, 0) is 19.4 Å². The fraction of sp³-hybridized carbons (Fsp3) is 0.579. The molecule has 1 aromatic heterocycles. The molecule has 5 nitrogen and oxygen atoms in total. The molecule has 2 aromatic rings. The lowest BCUT2D eigenvalue weighted by molar-refractivity contribution is 0.258. The van der Waals surface area contributed by atoms with Crippen molar-refractivity contribution in [3.63, 3.8) is 0 Å². The Morgan fingerprint density at radius 3 is 2.56 bits per heavy atom. The first-order valence-corrected chi connectivity index (χ1v) is 9.25. The molecule has 0 atom stereocenters.